The summed E-state index contributed by atoms with van der Waals surface area (Å²) in [6, 6.07) is -0.716. The minimum Gasteiger partial charge on any atom is -0.480 e. The van der Waals surface area contributed by atoms with Crippen LogP contribution in [0.15, 0.2) is 12.4 Å². The summed E-state index contributed by atoms with van der Waals surface area (Å²) in [6.45, 7) is 5.33. The summed E-state index contributed by atoms with van der Waals surface area (Å²) >= 11 is 0. The smallest absolute Gasteiger partial charge is 0.320 e. The molecule has 0 aliphatic carbocycles. The molecule has 0 aliphatic rings. The van der Waals surface area contributed by atoms with E-state index in [1.165, 1.54) is 0 Å². The number of aliphatic carboxylic acids is 1. The minimum absolute atomic E-state index is 0.121. The molecule has 0 aromatic carbocycles. The molecular formula is C10H15N3O2. The van der Waals surface area contributed by atoms with Crippen molar-refractivity contribution in [3.8, 4) is 0 Å². The van der Waals surface area contributed by atoms with Gasteiger partial charge in [-0.25, -0.2) is 0 Å². The summed E-state index contributed by atoms with van der Waals surface area (Å²) in [4.78, 5) is 18.9. The molecule has 2 atom stereocenters. The number of rotatable bonds is 4. The highest BCUT2D eigenvalue weighted by molar-refractivity contribution is 5.72. The zero-order valence-electron chi connectivity index (χ0n) is 9.06. The number of hydrogen-bond acceptors (Lipinski definition) is 4. The molecule has 2 N–H and O–H groups in total. The Hall–Kier alpha value is -1.49. The van der Waals surface area contributed by atoms with Crippen molar-refractivity contribution in [1.82, 2.24) is 15.3 Å². The lowest BCUT2D eigenvalue weighted by Crippen LogP contribution is -2.36. The molecule has 0 fully saturated rings. The van der Waals surface area contributed by atoms with E-state index in [1.54, 1.807) is 19.3 Å². The van der Waals surface area contributed by atoms with Crippen LogP contribution < -0.4 is 5.32 Å². The van der Waals surface area contributed by atoms with Crippen molar-refractivity contribution >= 4 is 5.97 Å². The van der Waals surface area contributed by atoms with Gasteiger partial charge in [0.1, 0.15) is 6.04 Å². The molecule has 0 radical (unpaired) electrons. The van der Waals surface area contributed by atoms with E-state index in [0.717, 1.165) is 11.4 Å². The van der Waals surface area contributed by atoms with E-state index in [0.29, 0.717) is 0 Å². The first-order chi connectivity index (χ1) is 7.02. The molecule has 5 nitrogen and oxygen atoms in total. The first-order valence-corrected chi connectivity index (χ1v) is 4.78. The number of carboxylic acid groups (broad SMARTS) is 1. The Morgan fingerprint density at radius 1 is 1.40 bits per heavy atom. The van der Waals surface area contributed by atoms with E-state index >= 15 is 0 Å². The van der Waals surface area contributed by atoms with Gasteiger partial charge in [-0.2, -0.15) is 0 Å². The van der Waals surface area contributed by atoms with Gasteiger partial charge in [0, 0.05) is 18.4 Å². The van der Waals surface area contributed by atoms with E-state index in [2.05, 4.69) is 15.3 Å². The summed E-state index contributed by atoms with van der Waals surface area (Å²) in [7, 11) is 0. The van der Waals surface area contributed by atoms with Gasteiger partial charge in [0.15, 0.2) is 0 Å². The molecule has 1 aromatic heterocycles. The number of nitrogens with zero attached hydrogens (tertiary/aromatic N) is 2. The van der Waals surface area contributed by atoms with Crippen molar-refractivity contribution in [1.29, 1.82) is 0 Å². The third-order valence-electron chi connectivity index (χ3n) is 2.20. The molecule has 0 saturated carbocycles. The highest BCUT2D eigenvalue weighted by atomic mass is 16.4. The van der Waals surface area contributed by atoms with Gasteiger partial charge in [-0.15, -0.1) is 0 Å². The molecule has 1 aromatic rings. The largest absolute Gasteiger partial charge is 0.480 e. The van der Waals surface area contributed by atoms with Crippen LogP contribution in [-0.2, 0) is 4.79 Å². The topological polar surface area (TPSA) is 75.1 Å². The Labute approximate surface area is 88.6 Å². The summed E-state index contributed by atoms with van der Waals surface area (Å²) in [5.41, 5.74) is 1.60. The molecule has 0 spiro atoms. The van der Waals surface area contributed by atoms with Gasteiger partial charge in [0.05, 0.1) is 11.4 Å². The SMILES string of the molecule is Cc1nccnc1C(C)NC(C)C(=O)O. The maximum Gasteiger partial charge on any atom is 0.320 e. The van der Waals surface area contributed by atoms with Crippen LogP contribution in [0.4, 0.5) is 0 Å². The van der Waals surface area contributed by atoms with Crippen LogP contribution in [0, 0.1) is 6.92 Å². The van der Waals surface area contributed by atoms with Crippen molar-refractivity contribution in [3.05, 3.63) is 23.8 Å². The standard InChI is InChI=1S/C10H15N3O2/c1-6-9(12-5-4-11-6)7(2)13-8(3)10(14)15/h4-5,7-8,13H,1-3H3,(H,14,15). The molecule has 0 amide bonds. The Balaban J connectivity index is 2.73. The number of aromatic nitrogens is 2. The summed E-state index contributed by atoms with van der Waals surface area (Å²) in [5, 5.41) is 11.7. The summed E-state index contributed by atoms with van der Waals surface area (Å²) in [5.74, 6) is -0.872. The number of nitrogens with one attached hydrogen (secondary N) is 1. The van der Waals surface area contributed by atoms with Crippen LogP contribution in [0.5, 0.6) is 0 Å². The molecule has 2 unspecified atom stereocenters. The van der Waals surface area contributed by atoms with Gasteiger partial charge < -0.3 is 5.11 Å². The van der Waals surface area contributed by atoms with Gasteiger partial charge in [-0.3, -0.25) is 20.1 Å². The lowest BCUT2D eigenvalue weighted by molar-refractivity contribution is -0.139. The van der Waals surface area contributed by atoms with Gasteiger partial charge in [0.25, 0.3) is 0 Å². The van der Waals surface area contributed by atoms with E-state index in [9.17, 15) is 4.79 Å². The molecular weight excluding hydrogens is 194 g/mol. The minimum atomic E-state index is -0.872. The van der Waals surface area contributed by atoms with Gasteiger partial charge in [-0.05, 0) is 20.8 Å². The number of aryl methyl sites for hydroxylation is 1. The highest BCUT2D eigenvalue weighted by Gasteiger charge is 2.17. The van der Waals surface area contributed by atoms with Crippen molar-refractivity contribution in [2.24, 2.45) is 0 Å². The van der Waals surface area contributed by atoms with Crippen LogP contribution in [0.2, 0.25) is 0 Å². The maximum atomic E-state index is 10.7. The van der Waals surface area contributed by atoms with E-state index in [1.807, 2.05) is 13.8 Å². The van der Waals surface area contributed by atoms with Crippen LogP contribution in [0.1, 0.15) is 31.3 Å². The molecule has 15 heavy (non-hydrogen) atoms. The Kier molecular flexibility index (Phi) is 3.74. The number of hydrogen-bond donors (Lipinski definition) is 2. The lowest BCUT2D eigenvalue weighted by atomic mass is 10.1. The molecule has 5 heteroatoms. The summed E-state index contributed by atoms with van der Waals surface area (Å²) in [6.07, 6.45) is 3.22. The molecule has 1 heterocycles. The quantitative estimate of drug-likeness (QED) is 0.770. The molecule has 1 rings (SSSR count). The fourth-order valence-electron chi connectivity index (χ4n) is 1.37. The number of carbonyl (C=O) groups is 1. The Bertz CT molecular complexity index is 354. The normalized spacial score (nSPS) is 14.6. The highest BCUT2D eigenvalue weighted by Crippen LogP contribution is 2.12. The zero-order chi connectivity index (χ0) is 11.4. The molecule has 0 bridgehead atoms. The Morgan fingerprint density at radius 3 is 2.53 bits per heavy atom. The number of carboxylic acids is 1. The molecule has 82 valence electrons. The second-order valence-electron chi connectivity index (χ2n) is 3.48. The Morgan fingerprint density at radius 2 is 2.00 bits per heavy atom. The van der Waals surface area contributed by atoms with Crippen LogP contribution in [0.25, 0.3) is 0 Å². The average molecular weight is 209 g/mol. The van der Waals surface area contributed by atoms with Crippen LogP contribution >= 0.6 is 0 Å². The van der Waals surface area contributed by atoms with Crippen LogP contribution in [0.3, 0.4) is 0 Å². The van der Waals surface area contributed by atoms with Crippen molar-refractivity contribution in [2.45, 2.75) is 32.9 Å². The van der Waals surface area contributed by atoms with E-state index in [-0.39, 0.29) is 6.04 Å². The second kappa shape index (κ2) is 4.84. The lowest BCUT2D eigenvalue weighted by Gasteiger charge is -2.17. The predicted octanol–water partition coefficient (Wildman–Crippen LogP) is 0.909. The zero-order valence-corrected chi connectivity index (χ0v) is 9.06. The van der Waals surface area contributed by atoms with Gasteiger partial charge in [-0.1, -0.05) is 0 Å². The maximum absolute atomic E-state index is 10.7. The predicted molar refractivity (Wildman–Crippen MR) is 55.4 cm³/mol. The van der Waals surface area contributed by atoms with Crippen LogP contribution in [-0.4, -0.2) is 27.1 Å². The van der Waals surface area contributed by atoms with E-state index in [4.69, 9.17) is 5.11 Å². The van der Waals surface area contributed by atoms with E-state index < -0.39 is 12.0 Å². The van der Waals surface area contributed by atoms with Crippen molar-refractivity contribution in [3.63, 3.8) is 0 Å². The first-order valence-electron chi connectivity index (χ1n) is 4.78. The van der Waals surface area contributed by atoms with Gasteiger partial charge >= 0.3 is 5.97 Å². The van der Waals surface area contributed by atoms with Crippen molar-refractivity contribution < 1.29 is 9.90 Å². The third kappa shape index (κ3) is 2.99. The molecule has 0 saturated heterocycles. The fraction of sp³-hybridized carbons (Fsp3) is 0.500. The summed E-state index contributed by atoms with van der Waals surface area (Å²) < 4.78 is 0. The second-order valence-corrected chi connectivity index (χ2v) is 3.48. The molecule has 0 aliphatic heterocycles. The van der Waals surface area contributed by atoms with Crippen molar-refractivity contribution in [2.75, 3.05) is 0 Å². The fourth-order valence-corrected chi connectivity index (χ4v) is 1.37. The first kappa shape index (κ1) is 11.6. The van der Waals surface area contributed by atoms with Gasteiger partial charge in [0.2, 0.25) is 0 Å². The average Bonchev–Trinajstić information content (AvgIpc) is 2.18. The third-order valence-corrected chi connectivity index (χ3v) is 2.20. The monoisotopic (exact) mass is 209 g/mol.